The van der Waals surface area contributed by atoms with Gasteiger partial charge in [-0.05, 0) is 64.2 Å². The quantitative estimate of drug-likeness (QED) is 0.0425. The van der Waals surface area contributed by atoms with Gasteiger partial charge in [-0.15, -0.1) is 0 Å². The van der Waals surface area contributed by atoms with Gasteiger partial charge in [0.15, 0.2) is 0 Å². The average molecular weight is 658 g/mol. The molecule has 0 aliphatic heterocycles. The predicted octanol–water partition coefficient (Wildman–Crippen LogP) is 13.2. The Morgan fingerprint density at radius 3 is 0.952 bits per heavy atom. The maximum Gasteiger partial charge on any atom is 0.472 e. The van der Waals surface area contributed by atoms with Crippen LogP contribution in [-0.4, -0.2) is 18.1 Å². The summed E-state index contributed by atoms with van der Waals surface area (Å²) < 4.78 is 22.3. The van der Waals surface area contributed by atoms with Crippen LogP contribution in [0.3, 0.4) is 0 Å². The summed E-state index contributed by atoms with van der Waals surface area (Å²) in [5, 5.41) is 0. The van der Waals surface area contributed by atoms with Crippen molar-refractivity contribution in [3.63, 3.8) is 0 Å². The summed E-state index contributed by atoms with van der Waals surface area (Å²) in [6, 6.07) is 0. The number of hydrogen-bond acceptors (Lipinski definition) is 3. The van der Waals surface area contributed by atoms with E-state index in [2.05, 4.69) is 38.2 Å². The zero-order chi connectivity index (χ0) is 30.0. The van der Waals surface area contributed by atoms with Crippen molar-refractivity contribution >= 4 is 7.82 Å². The Morgan fingerprint density at radius 2 is 0.667 bits per heavy atom. The third-order valence-corrected chi connectivity index (χ3v) is 8.84. The van der Waals surface area contributed by atoms with Crippen molar-refractivity contribution < 1.29 is 35.3 Å². The molecule has 1 N–H and O–H groups in total. The first-order valence-electron chi connectivity index (χ1n) is 18.0. The fraction of sp³-hybridized carbons (Fsp3) is 0.889. The van der Waals surface area contributed by atoms with Gasteiger partial charge in [0.25, 0.3) is 0 Å². The first-order valence-corrected chi connectivity index (χ1v) is 19.5. The maximum atomic E-state index is 12.0. The van der Waals surface area contributed by atoms with Crippen LogP contribution in [0.5, 0.6) is 0 Å². The molecule has 0 aliphatic rings. The van der Waals surface area contributed by atoms with E-state index in [0.717, 1.165) is 38.5 Å². The summed E-state index contributed by atoms with van der Waals surface area (Å²) in [6.07, 6.45) is 44.3. The van der Waals surface area contributed by atoms with E-state index in [1.807, 2.05) is 0 Å². The molecule has 4 nitrogen and oxygen atoms in total. The van der Waals surface area contributed by atoms with E-state index in [1.54, 1.807) is 0 Å². The number of phosphoric ester groups is 1. The molecule has 0 rings (SSSR count). The Kier molecular flexibility index (Phi) is 39.3. The van der Waals surface area contributed by atoms with Gasteiger partial charge < -0.3 is 4.89 Å². The van der Waals surface area contributed by atoms with Gasteiger partial charge in [0, 0.05) is 16.8 Å². The molecule has 1 radical (unpaired) electrons. The van der Waals surface area contributed by atoms with Gasteiger partial charge in [-0.25, -0.2) is 4.57 Å². The van der Waals surface area contributed by atoms with Crippen LogP contribution in [-0.2, 0) is 30.4 Å². The molecule has 0 saturated carbocycles. The summed E-state index contributed by atoms with van der Waals surface area (Å²) in [5.41, 5.74) is 0. The molecule has 0 atom stereocenters. The van der Waals surface area contributed by atoms with Crippen LogP contribution in [0.15, 0.2) is 24.3 Å². The molecule has 0 saturated heterocycles. The first kappa shape index (κ1) is 44.2. The molecular formula is C36H71CoO4P. The van der Waals surface area contributed by atoms with Gasteiger partial charge in [0.2, 0.25) is 0 Å². The Labute approximate surface area is 273 Å². The molecular weight excluding hydrogens is 586 g/mol. The van der Waals surface area contributed by atoms with Gasteiger partial charge >= 0.3 is 7.82 Å². The van der Waals surface area contributed by atoms with E-state index < -0.39 is 7.82 Å². The van der Waals surface area contributed by atoms with Crippen molar-refractivity contribution in [2.45, 2.75) is 194 Å². The van der Waals surface area contributed by atoms with Gasteiger partial charge in [0.05, 0.1) is 13.2 Å². The molecule has 0 aromatic carbocycles. The van der Waals surface area contributed by atoms with Crippen molar-refractivity contribution in [2.24, 2.45) is 0 Å². The van der Waals surface area contributed by atoms with Gasteiger partial charge in [0.1, 0.15) is 0 Å². The Balaban J connectivity index is 0. The van der Waals surface area contributed by atoms with Crippen LogP contribution < -0.4 is 0 Å². The zero-order valence-corrected chi connectivity index (χ0v) is 29.9. The Bertz CT molecular complexity index is 563. The molecule has 0 aromatic rings. The molecule has 0 unspecified atom stereocenters. The predicted molar refractivity (Wildman–Crippen MR) is 181 cm³/mol. The van der Waals surface area contributed by atoms with Crippen molar-refractivity contribution in [3.8, 4) is 0 Å². The molecule has 253 valence electrons. The molecule has 6 heteroatoms. The molecule has 0 aromatic heterocycles. The standard InChI is InChI=1S/C36H71O4P.Co/c1-3-5-7-9-11-13-15-17-19-21-23-25-27-29-31-33-35-39-41(37,38)40-36-34-32-30-28-26-24-22-20-18-16-14-12-10-8-6-4-2;/h17-20H,3-16,21-36H2,1-2H3,(H,37,38);/b19-17-,20-18-;. The van der Waals surface area contributed by atoms with Gasteiger partial charge in [-0.1, -0.05) is 154 Å². The number of rotatable bonds is 34. The van der Waals surface area contributed by atoms with E-state index in [1.165, 1.54) is 141 Å². The third kappa shape index (κ3) is 38.1. The van der Waals surface area contributed by atoms with Crippen LogP contribution in [0.25, 0.3) is 0 Å². The van der Waals surface area contributed by atoms with Crippen LogP contribution in [0.4, 0.5) is 0 Å². The molecule has 0 bridgehead atoms. The van der Waals surface area contributed by atoms with E-state index in [0.29, 0.717) is 13.2 Å². The minimum absolute atomic E-state index is 0. The summed E-state index contributed by atoms with van der Waals surface area (Å²) >= 11 is 0. The molecule has 0 amide bonds. The Hall–Kier alpha value is 0.0965. The van der Waals surface area contributed by atoms with Crippen LogP contribution in [0.2, 0.25) is 0 Å². The maximum absolute atomic E-state index is 12.0. The van der Waals surface area contributed by atoms with E-state index in [9.17, 15) is 9.46 Å². The molecule has 0 heterocycles. The van der Waals surface area contributed by atoms with Crippen molar-refractivity contribution in [1.29, 1.82) is 0 Å². The monoisotopic (exact) mass is 657 g/mol. The van der Waals surface area contributed by atoms with Crippen molar-refractivity contribution in [1.82, 2.24) is 0 Å². The molecule has 42 heavy (non-hydrogen) atoms. The smallest absolute Gasteiger partial charge is 0.302 e. The van der Waals surface area contributed by atoms with Crippen LogP contribution in [0.1, 0.15) is 194 Å². The number of hydrogen-bond donors (Lipinski definition) is 1. The largest absolute Gasteiger partial charge is 0.472 e. The third-order valence-electron chi connectivity index (χ3n) is 7.82. The number of allylic oxidation sites excluding steroid dienone is 4. The first-order chi connectivity index (χ1) is 20.1. The molecule has 0 aliphatic carbocycles. The summed E-state index contributed by atoms with van der Waals surface area (Å²) in [4.78, 5) is 9.86. The van der Waals surface area contributed by atoms with E-state index >= 15 is 0 Å². The molecule has 0 fully saturated rings. The van der Waals surface area contributed by atoms with Crippen molar-refractivity contribution in [2.75, 3.05) is 13.2 Å². The van der Waals surface area contributed by atoms with Gasteiger partial charge in [-0.3, -0.25) is 9.05 Å². The second kappa shape index (κ2) is 37.3. The fourth-order valence-electron chi connectivity index (χ4n) is 5.10. The SMILES string of the molecule is CCCCCCCC/C=C\CCCCCCCCOP(=O)(O)OCCCCCCCC/C=C\CCCCCCCC.[Co]. The second-order valence-corrected chi connectivity index (χ2v) is 13.5. The van der Waals surface area contributed by atoms with Crippen LogP contribution >= 0.6 is 7.82 Å². The number of unbranched alkanes of at least 4 members (excludes halogenated alkanes) is 24. The Morgan fingerprint density at radius 1 is 0.429 bits per heavy atom. The molecule has 0 spiro atoms. The fourth-order valence-corrected chi connectivity index (χ4v) is 5.89. The van der Waals surface area contributed by atoms with Gasteiger partial charge in [-0.2, -0.15) is 0 Å². The summed E-state index contributed by atoms with van der Waals surface area (Å²) in [5.74, 6) is 0. The minimum atomic E-state index is -3.89. The van der Waals surface area contributed by atoms with E-state index in [4.69, 9.17) is 9.05 Å². The summed E-state index contributed by atoms with van der Waals surface area (Å²) in [7, 11) is -3.89. The normalized spacial score (nSPS) is 12.1. The van der Waals surface area contributed by atoms with Crippen LogP contribution in [0, 0.1) is 0 Å². The van der Waals surface area contributed by atoms with Crippen molar-refractivity contribution in [3.05, 3.63) is 24.3 Å². The topological polar surface area (TPSA) is 55.8 Å². The van der Waals surface area contributed by atoms with E-state index in [-0.39, 0.29) is 16.8 Å². The minimum Gasteiger partial charge on any atom is -0.302 e. The number of phosphoric acid groups is 1. The summed E-state index contributed by atoms with van der Waals surface area (Å²) in [6.45, 7) is 5.15. The average Bonchev–Trinajstić information content (AvgIpc) is 2.96. The zero-order valence-electron chi connectivity index (χ0n) is 28.0. The second-order valence-electron chi connectivity index (χ2n) is 12.0.